The van der Waals surface area contributed by atoms with Crippen molar-refractivity contribution in [1.29, 1.82) is 0 Å². The predicted octanol–water partition coefficient (Wildman–Crippen LogP) is 5.43. The van der Waals surface area contributed by atoms with Crippen LogP contribution < -0.4 is 5.32 Å². The minimum atomic E-state index is -0.637. The van der Waals surface area contributed by atoms with Crippen LogP contribution >= 0.6 is 11.3 Å². The van der Waals surface area contributed by atoms with Crippen molar-refractivity contribution in [2.75, 3.05) is 5.32 Å². The van der Waals surface area contributed by atoms with E-state index < -0.39 is 11.6 Å². The van der Waals surface area contributed by atoms with Crippen molar-refractivity contribution in [3.63, 3.8) is 0 Å². The molecule has 1 unspecified atom stereocenters. The minimum Gasteiger partial charge on any atom is -0.319 e. The van der Waals surface area contributed by atoms with E-state index in [4.69, 9.17) is 0 Å². The van der Waals surface area contributed by atoms with Gasteiger partial charge < -0.3 is 5.32 Å². The number of hydrogen-bond acceptors (Lipinski definition) is 2. The molecular weight excluding hydrogens is 328 g/mol. The smallest absolute Gasteiger partial charge is 0.256 e. The van der Waals surface area contributed by atoms with Gasteiger partial charge in [0.2, 0.25) is 0 Å². The molecule has 128 valence electrons. The summed E-state index contributed by atoms with van der Waals surface area (Å²) in [5, 5.41) is 4.33. The minimum absolute atomic E-state index is 0.122. The number of anilines is 1. The number of hydrogen-bond donors (Lipinski definition) is 1. The number of nitrogens with one attached hydrogen (secondary N) is 1. The maximum Gasteiger partial charge on any atom is 0.256 e. The van der Waals surface area contributed by atoms with Gasteiger partial charge in [0.15, 0.2) is 0 Å². The van der Waals surface area contributed by atoms with E-state index in [1.165, 1.54) is 4.88 Å². The van der Waals surface area contributed by atoms with Crippen LogP contribution in [0.3, 0.4) is 0 Å². The Hall–Kier alpha value is -1.75. The summed E-state index contributed by atoms with van der Waals surface area (Å²) < 4.78 is 27.0. The Morgan fingerprint density at radius 1 is 1.29 bits per heavy atom. The van der Waals surface area contributed by atoms with Crippen LogP contribution in [0.25, 0.3) is 0 Å². The third-order valence-corrected chi connectivity index (χ3v) is 5.85. The van der Waals surface area contributed by atoms with Gasteiger partial charge in [0.1, 0.15) is 11.6 Å². The first-order valence-electron chi connectivity index (χ1n) is 8.11. The van der Waals surface area contributed by atoms with E-state index in [-0.39, 0.29) is 17.0 Å². The number of fused-ring (bicyclic) bond motifs is 1. The van der Waals surface area contributed by atoms with Gasteiger partial charge in [-0.2, -0.15) is 0 Å². The Kier molecular flexibility index (Phi) is 4.47. The molecule has 0 bridgehead atoms. The van der Waals surface area contributed by atoms with Gasteiger partial charge in [0, 0.05) is 16.3 Å². The maximum atomic E-state index is 13.7. The molecule has 0 saturated heterocycles. The molecule has 0 aliphatic heterocycles. The highest BCUT2D eigenvalue weighted by molar-refractivity contribution is 7.10. The van der Waals surface area contributed by atoms with Crippen LogP contribution in [0.15, 0.2) is 23.6 Å². The molecule has 1 heterocycles. The van der Waals surface area contributed by atoms with Gasteiger partial charge in [-0.25, -0.2) is 8.78 Å². The molecule has 3 rings (SSSR count). The van der Waals surface area contributed by atoms with Gasteiger partial charge in [-0.15, -0.1) is 11.3 Å². The molecule has 2 nitrogen and oxygen atoms in total. The van der Waals surface area contributed by atoms with Crippen LogP contribution in [0.5, 0.6) is 0 Å². The second-order valence-electron chi connectivity index (χ2n) is 7.44. The Morgan fingerprint density at radius 2 is 2.04 bits per heavy atom. The first kappa shape index (κ1) is 17.1. The summed E-state index contributed by atoms with van der Waals surface area (Å²) in [5.74, 6) is -0.986. The third-order valence-electron chi connectivity index (χ3n) is 4.80. The van der Waals surface area contributed by atoms with Gasteiger partial charge in [-0.3, -0.25) is 4.79 Å². The first-order chi connectivity index (χ1) is 11.3. The van der Waals surface area contributed by atoms with Gasteiger partial charge in [0.25, 0.3) is 5.91 Å². The number of benzene rings is 1. The molecule has 0 spiro atoms. The predicted molar refractivity (Wildman–Crippen MR) is 93.6 cm³/mol. The van der Waals surface area contributed by atoms with Crippen LogP contribution in [0.2, 0.25) is 0 Å². The highest BCUT2D eigenvalue weighted by atomic mass is 32.1. The molecule has 5 heteroatoms. The average Bonchev–Trinajstić information content (AvgIpc) is 2.93. The molecular formula is C19H21F2NOS. The van der Waals surface area contributed by atoms with Crippen LogP contribution in [0, 0.1) is 23.0 Å². The summed E-state index contributed by atoms with van der Waals surface area (Å²) in [6.07, 6.45) is 2.88. The lowest BCUT2D eigenvalue weighted by Crippen LogP contribution is -2.27. The second-order valence-corrected chi connectivity index (χ2v) is 8.40. The molecule has 1 amide bonds. The topological polar surface area (TPSA) is 29.1 Å². The third kappa shape index (κ3) is 3.36. The average molecular weight is 349 g/mol. The van der Waals surface area contributed by atoms with E-state index in [2.05, 4.69) is 26.1 Å². The molecule has 1 aliphatic carbocycles. The quantitative estimate of drug-likeness (QED) is 0.769. The fourth-order valence-corrected chi connectivity index (χ4v) is 4.39. The molecule has 0 fully saturated rings. The van der Waals surface area contributed by atoms with E-state index in [9.17, 15) is 13.6 Å². The zero-order chi connectivity index (χ0) is 17.5. The summed E-state index contributed by atoms with van der Waals surface area (Å²) in [5.41, 5.74) is 1.78. The lowest BCUT2D eigenvalue weighted by atomic mass is 9.72. The molecule has 0 saturated carbocycles. The lowest BCUT2D eigenvalue weighted by molar-refractivity contribution is 0.102. The summed E-state index contributed by atoms with van der Waals surface area (Å²) in [7, 11) is 0. The number of thiophene rings is 1. The number of halogens is 2. The molecule has 1 aromatic carbocycles. The molecule has 1 aromatic heterocycles. The van der Waals surface area contributed by atoms with Gasteiger partial charge in [-0.1, -0.05) is 20.8 Å². The summed E-state index contributed by atoms with van der Waals surface area (Å²) >= 11 is 1.59. The van der Waals surface area contributed by atoms with Crippen LogP contribution in [0.1, 0.15) is 48.0 Å². The Bertz CT molecular complexity index is 776. The Balaban J connectivity index is 1.81. The van der Waals surface area contributed by atoms with E-state index in [1.807, 2.05) is 5.38 Å². The number of rotatable bonds is 2. The summed E-state index contributed by atoms with van der Waals surface area (Å²) in [6, 6.07) is 3.05. The summed E-state index contributed by atoms with van der Waals surface area (Å²) in [6.45, 7) is 6.74. The van der Waals surface area contributed by atoms with E-state index >= 15 is 0 Å². The first-order valence-corrected chi connectivity index (χ1v) is 8.99. The van der Waals surface area contributed by atoms with Crippen molar-refractivity contribution in [3.05, 3.63) is 51.2 Å². The largest absolute Gasteiger partial charge is 0.319 e. The lowest BCUT2D eigenvalue weighted by Gasteiger charge is -2.34. The Labute approximate surface area is 144 Å². The van der Waals surface area contributed by atoms with Crippen LogP contribution in [-0.4, -0.2) is 5.91 Å². The van der Waals surface area contributed by atoms with Gasteiger partial charge >= 0.3 is 0 Å². The van der Waals surface area contributed by atoms with E-state index in [0.29, 0.717) is 11.5 Å². The van der Waals surface area contributed by atoms with Crippen LogP contribution in [0.4, 0.5) is 14.5 Å². The van der Waals surface area contributed by atoms with E-state index in [1.54, 1.807) is 11.3 Å². The Morgan fingerprint density at radius 3 is 2.75 bits per heavy atom. The van der Waals surface area contributed by atoms with Crippen LogP contribution in [-0.2, 0) is 12.8 Å². The maximum absolute atomic E-state index is 13.7. The highest BCUT2D eigenvalue weighted by Crippen LogP contribution is 2.40. The van der Waals surface area contributed by atoms with Gasteiger partial charge in [-0.05, 0) is 48.3 Å². The standard InChI is InChI=1S/C19H21F2NOS/c1-19(2,3)11-4-6-13-14(10-24-17(13)8-11)18(23)22-16-9-12(20)5-7-15(16)21/h5,7,9-11H,4,6,8H2,1-3H3,(H,22,23). The van der Waals surface area contributed by atoms with Crippen molar-refractivity contribution in [3.8, 4) is 0 Å². The zero-order valence-corrected chi connectivity index (χ0v) is 14.9. The van der Waals surface area contributed by atoms with Crippen molar-refractivity contribution in [2.24, 2.45) is 11.3 Å². The highest BCUT2D eigenvalue weighted by Gasteiger charge is 2.31. The van der Waals surface area contributed by atoms with Crippen molar-refractivity contribution >= 4 is 22.9 Å². The molecule has 24 heavy (non-hydrogen) atoms. The molecule has 1 N–H and O–H groups in total. The van der Waals surface area contributed by atoms with Gasteiger partial charge in [0.05, 0.1) is 11.3 Å². The van der Waals surface area contributed by atoms with Crippen molar-refractivity contribution in [1.82, 2.24) is 0 Å². The SMILES string of the molecule is CC(C)(C)C1CCc2c(C(=O)Nc3cc(F)ccc3F)csc2C1. The number of amides is 1. The van der Waals surface area contributed by atoms with E-state index in [0.717, 1.165) is 43.0 Å². The molecule has 2 aromatic rings. The van der Waals surface area contributed by atoms with Crippen molar-refractivity contribution < 1.29 is 13.6 Å². The fourth-order valence-electron chi connectivity index (χ4n) is 3.23. The number of carbonyl (C=O) groups is 1. The molecule has 1 atom stereocenters. The monoisotopic (exact) mass is 349 g/mol. The number of carbonyl (C=O) groups excluding carboxylic acids is 1. The molecule has 0 radical (unpaired) electrons. The summed E-state index contributed by atoms with van der Waals surface area (Å²) in [4.78, 5) is 13.7. The fraction of sp³-hybridized carbons (Fsp3) is 0.421. The zero-order valence-electron chi connectivity index (χ0n) is 14.1. The second kappa shape index (κ2) is 6.28. The molecule has 1 aliphatic rings. The normalized spacial score (nSPS) is 17.5. The van der Waals surface area contributed by atoms with Crippen molar-refractivity contribution in [2.45, 2.75) is 40.0 Å².